The molecule has 0 radical (unpaired) electrons. The maximum Gasteiger partial charge on any atom is 0.227 e. The van der Waals surface area contributed by atoms with Crippen molar-refractivity contribution < 1.29 is 19.4 Å². The first-order valence-electron chi connectivity index (χ1n) is 7.77. The third-order valence-corrected chi connectivity index (χ3v) is 5.02. The molecule has 5 N–H and O–H groups in total. The average molecular weight is 299 g/mol. The van der Waals surface area contributed by atoms with Gasteiger partial charge in [-0.3, -0.25) is 4.79 Å². The topological polar surface area (TPSA) is 111 Å². The molecule has 1 amide bonds. The summed E-state index contributed by atoms with van der Waals surface area (Å²) in [5.41, 5.74) is 11.9. The van der Waals surface area contributed by atoms with Crippen molar-refractivity contribution >= 4 is 5.91 Å². The van der Waals surface area contributed by atoms with E-state index < -0.39 is 11.9 Å². The number of rotatable bonds is 1. The SMILES string of the molecule is N[C@@H]1C[C@H](N)[C@@H](C(=O)N2CCC3(CC2)OCCO3)C[C@H]1O. The molecule has 3 fully saturated rings. The Bertz CT molecular complexity index is 390. The van der Waals surface area contributed by atoms with Gasteiger partial charge >= 0.3 is 0 Å². The van der Waals surface area contributed by atoms with Crippen molar-refractivity contribution in [3.05, 3.63) is 0 Å². The van der Waals surface area contributed by atoms with Crippen molar-refractivity contribution in [2.24, 2.45) is 17.4 Å². The fourth-order valence-electron chi connectivity index (χ4n) is 3.62. The van der Waals surface area contributed by atoms with Crippen molar-refractivity contribution in [2.45, 2.75) is 49.7 Å². The van der Waals surface area contributed by atoms with Crippen LogP contribution in [-0.4, -0.2) is 66.2 Å². The van der Waals surface area contributed by atoms with Crippen LogP contribution in [0, 0.1) is 5.92 Å². The van der Waals surface area contributed by atoms with Gasteiger partial charge in [-0.05, 0) is 12.8 Å². The summed E-state index contributed by atoms with van der Waals surface area (Å²) in [5.74, 6) is -0.784. The third-order valence-electron chi connectivity index (χ3n) is 5.02. The van der Waals surface area contributed by atoms with Gasteiger partial charge in [-0.1, -0.05) is 0 Å². The van der Waals surface area contributed by atoms with Gasteiger partial charge in [0, 0.05) is 38.0 Å². The molecular formula is C14H25N3O4. The van der Waals surface area contributed by atoms with Crippen molar-refractivity contribution in [3.63, 3.8) is 0 Å². The second-order valence-corrected chi connectivity index (χ2v) is 6.41. The molecule has 1 saturated carbocycles. The van der Waals surface area contributed by atoms with Crippen molar-refractivity contribution in [1.82, 2.24) is 4.90 Å². The molecule has 120 valence electrons. The summed E-state index contributed by atoms with van der Waals surface area (Å²) in [6.07, 6.45) is 1.60. The van der Waals surface area contributed by atoms with E-state index in [2.05, 4.69) is 0 Å². The van der Waals surface area contributed by atoms with Crippen LogP contribution < -0.4 is 11.5 Å². The molecule has 1 aliphatic carbocycles. The van der Waals surface area contributed by atoms with Crippen LogP contribution in [0.15, 0.2) is 0 Å². The number of hydrogen-bond acceptors (Lipinski definition) is 6. The molecule has 2 aliphatic heterocycles. The van der Waals surface area contributed by atoms with Crippen LogP contribution in [0.1, 0.15) is 25.7 Å². The highest BCUT2D eigenvalue weighted by atomic mass is 16.7. The molecule has 7 nitrogen and oxygen atoms in total. The van der Waals surface area contributed by atoms with E-state index in [0.29, 0.717) is 52.0 Å². The highest BCUT2D eigenvalue weighted by Gasteiger charge is 2.44. The Kier molecular flexibility index (Phi) is 4.20. The fraction of sp³-hybridized carbons (Fsp3) is 0.929. The predicted molar refractivity (Wildman–Crippen MR) is 75.1 cm³/mol. The number of likely N-dealkylation sites (tertiary alicyclic amines) is 1. The van der Waals surface area contributed by atoms with Crippen molar-refractivity contribution in [1.29, 1.82) is 0 Å². The number of carbonyl (C=O) groups is 1. The van der Waals surface area contributed by atoms with E-state index in [0.717, 1.165) is 0 Å². The van der Waals surface area contributed by atoms with E-state index >= 15 is 0 Å². The number of carbonyl (C=O) groups excluding carboxylic acids is 1. The molecule has 2 saturated heterocycles. The van der Waals surface area contributed by atoms with Crippen molar-refractivity contribution in [2.75, 3.05) is 26.3 Å². The maximum atomic E-state index is 12.6. The zero-order valence-electron chi connectivity index (χ0n) is 12.2. The lowest BCUT2D eigenvalue weighted by molar-refractivity contribution is -0.189. The van der Waals surface area contributed by atoms with Crippen LogP contribution in [0.2, 0.25) is 0 Å². The van der Waals surface area contributed by atoms with Gasteiger partial charge in [-0.15, -0.1) is 0 Å². The lowest BCUT2D eigenvalue weighted by Crippen LogP contribution is -2.56. The highest BCUT2D eigenvalue weighted by Crippen LogP contribution is 2.33. The largest absolute Gasteiger partial charge is 0.391 e. The zero-order chi connectivity index (χ0) is 15.0. The Morgan fingerprint density at radius 1 is 1.10 bits per heavy atom. The number of piperidine rings is 1. The minimum absolute atomic E-state index is 0.0290. The number of amides is 1. The van der Waals surface area contributed by atoms with Crippen molar-refractivity contribution in [3.8, 4) is 0 Å². The maximum absolute atomic E-state index is 12.6. The lowest BCUT2D eigenvalue weighted by atomic mass is 9.79. The van der Waals surface area contributed by atoms with E-state index in [1.54, 1.807) is 0 Å². The Labute approximate surface area is 124 Å². The van der Waals surface area contributed by atoms with Crippen LogP contribution in [0.4, 0.5) is 0 Å². The molecule has 0 aromatic carbocycles. The summed E-state index contributed by atoms with van der Waals surface area (Å²) in [6, 6.07) is -0.597. The van der Waals surface area contributed by atoms with Crippen LogP contribution in [0.5, 0.6) is 0 Å². The van der Waals surface area contributed by atoms with Gasteiger partial charge in [0.2, 0.25) is 5.91 Å². The van der Waals surface area contributed by atoms with E-state index in [1.807, 2.05) is 4.90 Å². The van der Waals surface area contributed by atoms with Gasteiger partial charge in [0.25, 0.3) is 0 Å². The van der Waals surface area contributed by atoms with E-state index in [9.17, 15) is 9.90 Å². The molecule has 3 rings (SSSR count). The Hall–Kier alpha value is -0.730. The second-order valence-electron chi connectivity index (χ2n) is 6.41. The predicted octanol–water partition coefficient (Wildman–Crippen LogP) is -1.22. The van der Waals surface area contributed by atoms with E-state index in [4.69, 9.17) is 20.9 Å². The summed E-state index contributed by atoms with van der Waals surface area (Å²) in [4.78, 5) is 14.5. The zero-order valence-corrected chi connectivity index (χ0v) is 12.2. The number of aliphatic hydroxyl groups excluding tert-OH is 1. The van der Waals surface area contributed by atoms with Crippen LogP contribution in [0.25, 0.3) is 0 Å². The van der Waals surface area contributed by atoms with Gasteiger partial charge in [0.05, 0.1) is 25.2 Å². The quantitative estimate of drug-likeness (QED) is 0.559. The summed E-state index contributed by atoms with van der Waals surface area (Å²) in [7, 11) is 0. The normalized spacial score (nSPS) is 39.7. The average Bonchev–Trinajstić information content (AvgIpc) is 2.91. The molecule has 0 aromatic rings. The molecule has 0 unspecified atom stereocenters. The Morgan fingerprint density at radius 3 is 2.33 bits per heavy atom. The number of hydrogen-bond donors (Lipinski definition) is 3. The first kappa shape index (κ1) is 15.2. The number of aliphatic hydroxyl groups is 1. The molecule has 4 atom stereocenters. The first-order chi connectivity index (χ1) is 10.0. The van der Waals surface area contributed by atoms with Gasteiger partial charge < -0.3 is 30.9 Å². The molecule has 7 heteroatoms. The first-order valence-corrected chi connectivity index (χ1v) is 7.77. The van der Waals surface area contributed by atoms with E-state index in [-0.39, 0.29) is 23.9 Å². The molecule has 0 bridgehead atoms. The summed E-state index contributed by atoms with van der Waals surface area (Å²) in [6.45, 7) is 2.49. The summed E-state index contributed by atoms with van der Waals surface area (Å²) >= 11 is 0. The molecule has 1 spiro atoms. The van der Waals surface area contributed by atoms with Gasteiger partial charge in [0.1, 0.15) is 0 Å². The minimum atomic E-state index is -0.642. The Balaban J connectivity index is 1.58. The standard InChI is InChI=1S/C14H25N3O4/c15-10-8-11(16)12(18)7-9(10)13(19)17-3-1-14(2-4-17)20-5-6-21-14/h9-12,18H,1-8,15-16H2/t9-,10-,11+,12+/m0/s1. The smallest absolute Gasteiger partial charge is 0.227 e. The van der Waals surface area contributed by atoms with Crippen LogP contribution in [0.3, 0.4) is 0 Å². The molecule has 3 aliphatic rings. The second kappa shape index (κ2) is 5.81. The number of ether oxygens (including phenoxy) is 2. The molecular weight excluding hydrogens is 274 g/mol. The van der Waals surface area contributed by atoms with E-state index in [1.165, 1.54) is 0 Å². The monoisotopic (exact) mass is 299 g/mol. The van der Waals surface area contributed by atoms with Gasteiger partial charge in [-0.25, -0.2) is 0 Å². The Morgan fingerprint density at radius 2 is 1.71 bits per heavy atom. The number of nitrogens with two attached hydrogens (primary N) is 2. The van der Waals surface area contributed by atoms with Crippen LogP contribution >= 0.6 is 0 Å². The fourth-order valence-corrected chi connectivity index (χ4v) is 3.62. The van der Waals surface area contributed by atoms with Gasteiger partial charge in [-0.2, -0.15) is 0 Å². The summed E-state index contributed by atoms with van der Waals surface area (Å²) in [5, 5.41) is 9.89. The molecule has 2 heterocycles. The minimum Gasteiger partial charge on any atom is -0.391 e. The summed E-state index contributed by atoms with van der Waals surface area (Å²) < 4.78 is 11.3. The molecule has 21 heavy (non-hydrogen) atoms. The third kappa shape index (κ3) is 2.93. The molecule has 0 aromatic heterocycles. The highest BCUT2D eigenvalue weighted by molar-refractivity contribution is 5.80. The van der Waals surface area contributed by atoms with Gasteiger partial charge in [0.15, 0.2) is 5.79 Å². The lowest BCUT2D eigenvalue weighted by Gasteiger charge is -2.41. The number of nitrogens with zero attached hydrogens (tertiary/aromatic N) is 1. The van der Waals surface area contributed by atoms with Crippen LogP contribution in [-0.2, 0) is 14.3 Å².